The van der Waals surface area contributed by atoms with Gasteiger partial charge in [0.05, 0.1) is 12.3 Å². The second-order valence-electron chi connectivity index (χ2n) is 4.99. The molecule has 0 amide bonds. The Hall–Kier alpha value is -2.53. The van der Waals surface area contributed by atoms with E-state index in [0.29, 0.717) is 23.4 Å². The molecule has 5 nitrogen and oxygen atoms in total. The first-order chi connectivity index (χ1) is 10.2. The summed E-state index contributed by atoms with van der Waals surface area (Å²) in [5, 5.41) is 23.9. The first-order valence-corrected chi connectivity index (χ1v) is 6.77. The smallest absolute Gasteiger partial charge is 0.142 e. The molecule has 0 aliphatic heterocycles. The van der Waals surface area contributed by atoms with Crippen LogP contribution < -0.4 is 5.32 Å². The van der Waals surface area contributed by atoms with Crippen molar-refractivity contribution in [3.05, 3.63) is 53.5 Å². The summed E-state index contributed by atoms with van der Waals surface area (Å²) in [6.45, 7) is 2.03. The molecule has 0 saturated heterocycles. The molecule has 4 N–H and O–H groups in total. The molecule has 3 rings (SSSR count). The monoisotopic (exact) mass is 283 g/mol. The number of benzene rings is 1. The first kappa shape index (κ1) is 13.5. The van der Waals surface area contributed by atoms with Crippen molar-refractivity contribution < 1.29 is 10.2 Å². The van der Waals surface area contributed by atoms with Crippen molar-refractivity contribution in [1.29, 1.82) is 0 Å². The number of anilines is 1. The Morgan fingerprint density at radius 1 is 1.29 bits per heavy atom. The van der Waals surface area contributed by atoms with Crippen molar-refractivity contribution >= 4 is 16.6 Å². The molecule has 108 valence electrons. The molecule has 0 unspecified atom stereocenters. The Labute approximate surface area is 122 Å². The molecule has 2 aromatic heterocycles. The Morgan fingerprint density at radius 3 is 2.95 bits per heavy atom. The highest BCUT2D eigenvalue weighted by atomic mass is 16.3. The maximum atomic E-state index is 10.1. The minimum atomic E-state index is -0.144. The van der Waals surface area contributed by atoms with E-state index in [1.807, 2.05) is 30.5 Å². The van der Waals surface area contributed by atoms with E-state index in [9.17, 15) is 10.2 Å². The number of rotatable bonds is 4. The average molecular weight is 283 g/mol. The summed E-state index contributed by atoms with van der Waals surface area (Å²) in [5.41, 5.74) is 3.91. The Bertz CT molecular complexity index is 780. The largest absolute Gasteiger partial charge is 0.506 e. The summed E-state index contributed by atoms with van der Waals surface area (Å²) in [4.78, 5) is 7.20. The fourth-order valence-electron chi connectivity index (χ4n) is 2.37. The van der Waals surface area contributed by atoms with Crippen LogP contribution >= 0.6 is 0 Å². The lowest BCUT2D eigenvalue weighted by Gasteiger charge is -2.13. The van der Waals surface area contributed by atoms with Gasteiger partial charge < -0.3 is 20.5 Å². The van der Waals surface area contributed by atoms with Gasteiger partial charge in [0.15, 0.2) is 0 Å². The number of aromatic nitrogens is 2. The summed E-state index contributed by atoms with van der Waals surface area (Å²) in [6.07, 6.45) is 3.50. The molecular weight excluding hydrogens is 266 g/mol. The molecule has 0 aliphatic rings. The molecule has 5 heteroatoms. The highest BCUT2D eigenvalue weighted by Gasteiger charge is 2.11. The lowest BCUT2D eigenvalue weighted by Crippen LogP contribution is -2.05. The molecule has 0 fully saturated rings. The van der Waals surface area contributed by atoms with E-state index in [2.05, 4.69) is 15.3 Å². The fraction of sp³-hybridized carbons (Fsp3) is 0.188. The van der Waals surface area contributed by atoms with E-state index in [-0.39, 0.29) is 12.4 Å². The molecule has 0 bridgehead atoms. The molecule has 0 radical (unpaired) electrons. The lowest BCUT2D eigenvalue weighted by molar-refractivity contribution is 0.279. The van der Waals surface area contributed by atoms with Crippen LogP contribution in [0.25, 0.3) is 10.9 Å². The second-order valence-corrected chi connectivity index (χ2v) is 4.99. The Balaban J connectivity index is 1.85. The Kier molecular flexibility index (Phi) is 3.50. The van der Waals surface area contributed by atoms with Gasteiger partial charge in [0.2, 0.25) is 0 Å². The maximum Gasteiger partial charge on any atom is 0.142 e. The lowest BCUT2D eigenvalue weighted by atomic mass is 10.1. The van der Waals surface area contributed by atoms with Crippen LogP contribution in [0.5, 0.6) is 5.75 Å². The van der Waals surface area contributed by atoms with Crippen LogP contribution in [-0.2, 0) is 13.2 Å². The number of nitrogens with one attached hydrogen (secondary N) is 2. The summed E-state index contributed by atoms with van der Waals surface area (Å²) >= 11 is 0. The summed E-state index contributed by atoms with van der Waals surface area (Å²) in [6, 6.07) is 8.02. The van der Waals surface area contributed by atoms with Gasteiger partial charge >= 0.3 is 0 Å². The van der Waals surface area contributed by atoms with Crippen LogP contribution in [0.3, 0.4) is 0 Å². The number of hydrogen-bond donors (Lipinski definition) is 4. The molecule has 21 heavy (non-hydrogen) atoms. The number of pyridine rings is 1. The molecule has 2 heterocycles. The predicted octanol–water partition coefficient (Wildman–Crippen LogP) is 2.68. The van der Waals surface area contributed by atoms with Gasteiger partial charge in [0.1, 0.15) is 5.75 Å². The van der Waals surface area contributed by atoms with Crippen LogP contribution in [0, 0.1) is 6.92 Å². The summed E-state index contributed by atoms with van der Waals surface area (Å²) < 4.78 is 0. The number of nitrogens with zero attached hydrogens (tertiary/aromatic N) is 1. The van der Waals surface area contributed by atoms with Crippen molar-refractivity contribution in [2.24, 2.45) is 0 Å². The third-order valence-electron chi connectivity index (χ3n) is 3.62. The molecule has 0 aliphatic carbocycles. The van der Waals surface area contributed by atoms with Gasteiger partial charge in [0.25, 0.3) is 0 Å². The number of H-pyrrole nitrogens is 1. The minimum Gasteiger partial charge on any atom is -0.506 e. The molecule has 0 spiro atoms. The third kappa shape index (κ3) is 2.55. The van der Waals surface area contributed by atoms with Crippen molar-refractivity contribution in [2.45, 2.75) is 20.1 Å². The maximum absolute atomic E-state index is 10.1. The van der Waals surface area contributed by atoms with Crippen molar-refractivity contribution in [2.75, 3.05) is 5.32 Å². The SMILES string of the molecule is Cc1ncc(CO)c(CNc2ccc3[nH]ccc3c2)c1O. The van der Waals surface area contributed by atoms with Gasteiger partial charge in [-0.15, -0.1) is 0 Å². The number of aliphatic hydroxyl groups excluding tert-OH is 1. The number of aryl methyl sites for hydroxylation is 1. The molecule has 0 saturated carbocycles. The zero-order valence-electron chi connectivity index (χ0n) is 11.7. The number of hydrogen-bond acceptors (Lipinski definition) is 4. The molecular formula is C16H17N3O2. The Morgan fingerprint density at radius 2 is 2.14 bits per heavy atom. The van der Waals surface area contributed by atoms with Crippen LogP contribution in [0.1, 0.15) is 16.8 Å². The van der Waals surface area contributed by atoms with E-state index in [1.54, 1.807) is 13.1 Å². The normalized spacial score (nSPS) is 11.0. The van der Waals surface area contributed by atoms with Gasteiger partial charge in [-0.05, 0) is 31.2 Å². The minimum absolute atomic E-state index is 0.136. The van der Waals surface area contributed by atoms with E-state index < -0.39 is 0 Å². The van der Waals surface area contributed by atoms with Crippen molar-refractivity contribution in [1.82, 2.24) is 9.97 Å². The molecule has 1 aromatic carbocycles. The summed E-state index contributed by atoms with van der Waals surface area (Å²) in [7, 11) is 0. The number of aromatic hydroxyl groups is 1. The number of fused-ring (bicyclic) bond motifs is 1. The van der Waals surface area contributed by atoms with Crippen LogP contribution in [0.4, 0.5) is 5.69 Å². The third-order valence-corrected chi connectivity index (χ3v) is 3.62. The van der Waals surface area contributed by atoms with Crippen LogP contribution in [-0.4, -0.2) is 20.2 Å². The fourth-order valence-corrected chi connectivity index (χ4v) is 2.37. The topological polar surface area (TPSA) is 81.2 Å². The van der Waals surface area contributed by atoms with E-state index >= 15 is 0 Å². The van der Waals surface area contributed by atoms with Crippen LogP contribution in [0.2, 0.25) is 0 Å². The average Bonchev–Trinajstić information content (AvgIpc) is 2.96. The zero-order chi connectivity index (χ0) is 14.8. The van der Waals surface area contributed by atoms with E-state index in [0.717, 1.165) is 16.6 Å². The predicted molar refractivity (Wildman–Crippen MR) is 82.2 cm³/mol. The van der Waals surface area contributed by atoms with Gasteiger partial charge in [-0.2, -0.15) is 0 Å². The van der Waals surface area contributed by atoms with Crippen LogP contribution in [0.15, 0.2) is 36.7 Å². The van der Waals surface area contributed by atoms with Gasteiger partial charge in [0, 0.05) is 46.7 Å². The molecule has 0 atom stereocenters. The van der Waals surface area contributed by atoms with E-state index in [4.69, 9.17) is 0 Å². The quantitative estimate of drug-likeness (QED) is 0.593. The standard InChI is InChI=1S/C16H17N3O2/c1-10-16(21)14(12(9-20)7-18-10)8-19-13-2-3-15-11(6-13)4-5-17-15/h2-7,17,19-21H,8-9H2,1H3. The number of aromatic amines is 1. The highest BCUT2D eigenvalue weighted by molar-refractivity contribution is 5.82. The first-order valence-electron chi connectivity index (χ1n) is 6.77. The van der Waals surface area contributed by atoms with Gasteiger partial charge in [-0.3, -0.25) is 4.98 Å². The van der Waals surface area contributed by atoms with E-state index in [1.165, 1.54) is 0 Å². The van der Waals surface area contributed by atoms with Crippen molar-refractivity contribution in [3.63, 3.8) is 0 Å². The molecule has 3 aromatic rings. The van der Waals surface area contributed by atoms with Gasteiger partial charge in [-0.1, -0.05) is 0 Å². The zero-order valence-corrected chi connectivity index (χ0v) is 11.7. The summed E-state index contributed by atoms with van der Waals surface area (Å²) in [5.74, 6) is 0.136. The highest BCUT2D eigenvalue weighted by Crippen LogP contribution is 2.25. The number of aliphatic hydroxyl groups is 1. The second kappa shape index (κ2) is 5.46. The van der Waals surface area contributed by atoms with Gasteiger partial charge in [-0.25, -0.2) is 0 Å². The van der Waals surface area contributed by atoms with Crippen molar-refractivity contribution in [3.8, 4) is 5.75 Å².